The molecule has 6 rings (SSSR count). The number of anilines is 1. The number of halogens is 3. The summed E-state index contributed by atoms with van der Waals surface area (Å²) in [6, 6.07) is 9.85. The largest absolute Gasteiger partial charge is 0.478 e. The lowest BCUT2D eigenvalue weighted by Gasteiger charge is -2.26. The molecule has 1 saturated carbocycles. The minimum atomic E-state index is -1.17. The van der Waals surface area contributed by atoms with Crippen molar-refractivity contribution in [1.29, 1.82) is 0 Å². The number of aromatic nitrogens is 4. The van der Waals surface area contributed by atoms with Gasteiger partial charge in [0.05, 0.1) is 21.8 Å². The lowest BCUT2D eigenvalue weighted by atomic mass is 9.91. The van der Waals surface area contributed by atoms with Crippen molar-refractivity contribution in [2.75, 3.05) is 24.5 Å². The van der Waals surface area contributed by atoms with E-state index < -0.39 is 5.97 Å². The Labute approximate surface area is 215 Å². The molecule has 4 aromatic rings. The summed E-state index contributed by atoms with van der Waals surface area (Å²) in [5.74, 6) is -0.112. The number of carboxylic acids is 1. The maximum Gasteiger partial charge on any atom is 0.337 e. The van der Waals surface area contributed by atoms with Crippen LogP contribution in [-0.2, 0) is 5.41 Å². The molecule has 2 aliphatic rings. The number of nitrogens with one attached hydrogen (secondary N) is 1. The van der Waals surface area contributed by atoms with Gasteiger partial charge in [0.1, 0.15) is 22.8 Å². The smallest absolute Gasteiger partial charge is 0.337 e. The van der Waals surface area contributed by atoms with Crippen molar-refractivity contribution in [3.05, 3.63) is 69.6 Å². The fourth-order valence-corrected chi connectivity index (χ4v) is 6.37. The molecule has 2 fully saturated rings. The number of carbonyl (C=O) groups is 1. The highest BCUT2D eigenvalue weighted by Gasteiger charge is 2.66. The molecule has 0 amide bonds. The topological polar surface area (TPSA) is 121 Å². The predicted molar refractivity (Wildman–Crippen MR) is 135 cm³/mol. The average molecular weight is 527 g/mol. The van der Waals surface area contributed by atoms with E-state index in [4.69, 9.17) is 33.9 Å². The van der Waals surface area contributed by atoms with Gasteiger partial charge in [0, 0.05) is 30.6 Å². The van der Waals surface area contributed by atoms with Crippen LogP contribution >= 0.6 is 23.2 Å². The Morgan fingerprint density at radius 3 is 2.78 bits per heavy atom. The van der Waals surface area contributed by atoms with Gasteiger partial charge >= 0.3 is 5.97 Å². The fourth-order valence-electron chi connectivity index (χ4n) is 5.87. The molecule has 3 atom stereocenters. The molecule has 8 nitrogen and oxygen atoms in total. The van der Waals surface area contributed by atoms with Crippen molar-refractivity contribution in [1.82, 2.24) is 20.2 Å². The van der Waals surface area contributed by atoms with Crippen molar-refractivity contribution in [3.8, 4) is 11.3 Å². The van der Waals surface area contributed by atoms with Crippen LogP contribution in [0.3, 0.4) is 0 Å². The highest BCUT2D eigenvalue weighted by molar-refractivity contribution is 6.45. The Hall–Kier alpha value is -3.27. The molecule has 1 aliphatic carbocycles. The first-order chi connectivity index (χ1) is 17.4. The first-order valence-corrected chi connectivity index (χ1v) is 12.2. The van der Waals surface area contributed by atoms with Gasteiger partial charge in [-0.2, -0.15) is 5.10 Å². The summed E-state index contributed by atoms with van der Waals surface area (Å²) in [6.07, 6.45) is 2.56. The highest BCUT2D eigenvalue weighted by Crippen LogP contribution is 2.63. The Kier molecular flexibility index (Phi) is 5.40. The number of carboxylic acid groups (broad SMARTS) is 1. The Morgan fingerprint density at radius 2 is 2.03 bits per heavy atom. The first-order valence-electron chi connectivity index (χ1n) is 11.5. The van der Waals surface area contributed by atoms with Gasteiger partial charge in [0.15, 0.2) is 5.65 Å². The second-order valence-corrected chi connectivity index (χ2v) is 10.0. The van der Waals surface area contributed by atoms with E-state index in [9.17, 15) is 14.3 Å². The summed E-state index contributed by atoms with van der Waals surface area (Å²) in [4.78, 5) is 22.8. The number of fused-ring (bicyclic) bond motifs is 2. The van der Waals surface area contributed by atoms with Crippen LogP contribution < -0.4 is 10.6 Å². The summed E-state index contributed by atoms with van der Waals surface area (Å²) in [5.41, 5.74) is 8.31. The van der Waals surface area contributed by atoms with Crippen LogP contribution in [0.25, 0.3) is 22.4 Å². The molecule has 3 heterocycles. The van der Waals surface area contributed by atoms with Crippen LogP contribution in [0.2, 0.25) is 10.0 Å². The fraction of sp³-hybridized carbons (Fsp3) is 0.280. The van der Waals surface area contributed by atoms with Crippen LogP contribution in [-0.4, -0.2) is 50.9 Å². The zero-order valence-corrected chi connectivity index (χ0v) is 20.4. The lowest BCUT2D eigenvalue weighted by Crippen LogP contribution is -2.32. The Balaban J connectivity index is 1.29. The number of hydrogen-bond acceptors (Lipinski definition) is 6. The van der Waals surface area contributed by atoms with Crippen molar-refractivity contribution in [3.63, 3.8) is 0 Å². The summed E-state index contributed by atoms with van der Waals surface area (Å²) >= 11 is 12.5. The van der Waals surface area contributed by atoms with Crippen molar-refractivity contribution >= 4 is 46.2 Å². The normalized spacial score (nSPS) is 23.1. The van der Waals surface area contributed by atoms with E-state index in [0.717, 1.165) is 13.0 Å². The zero-order valence-electron chi connectivity index (χ0n) is 18.9. The summed E-state index contributed by atoms with van der Waals surface area (Å²) in [6.45, 7) is 1.86. The van der Waals surface area contributed by atoms with E-state index in [2.05, 4.69) is 20.1 Å². The third-order valence-corrected chi connectivity index (χ3v) is 8.57. The summed E-state index contributed by atoms with van der Waals surface area (Å²) < 4.78 is 14.7. The molecule has 36 heavy (non-hydrogen) atoms. The number of nitrogens with two attached hydrogens (primary N) is 1. The van der Waals surface area contributed by atoms with Gasteiger partial charge in [0.25, 0.3) is 0 Å². The maximum atomic E-state index is 14.7. The molecule has 0 radical (unpaired) electrons. The number of aromatic carboxylic acids is 1. The van der Waals surface area contributed by atoms with Gasteiger partial charge in [0.2, 0.25) is 0 Å². The van der Waals surface area contributed by atoms with Gasteiger partial charge in [-0.05, 0) is 36.0 Å². The zero-order chi connectivity index (χ0) is 25.2. The van der Waals surface area contributed by atoms with Crippen LogP contribution in [0.4, 0.5) is 10.2 Å². The number of H-pyrrole nitrogens is 1. The molecule has 0 unspecified atom stereocenters. The molecule has 0 spiro atoms. The first kappa shape index (κ1) is 23.1. The van der Waals surface area contributed by atoms with E-state index in [0.29, 0.717) is 52.8 Å². The van der Waals surface area contributed by atoms with Crippen LogP contribution in [0.5, 0.6) is 0 Å². The molecular weight excluding hydrogens is 506 g/mol. The second kappa shape index (κ2) is 8.40. The maximum absolute atomic E-state index is 14.7. The SMILES string of the molecule is NC[C@]1(c2ccccc2F)[C@@H]2CCN(c3cnc4c(-c5ccc(C(=O)O)c(Cl)c5Cl)n[nH]c4n3)C[C@@H]21. The molecule has 184 valence electrons. The Morgan fingerprint density at radius 1 is 1.22 bits per heavy atom. The molecule has 2 aromatic carbocycles. The predicted octanol–water partition coefficient (Wildman–Crippen LogP) is 4.52. The third-order valence-electron chi connectivity index (χ3n) is 7.69. The van der Waals surface area contributed by atoms with Gasteiger partial charge in [-0.15, -0.1) is 0 Å². The lowest BCUT2D eigenvalue weighted by molar-refractivity contribution is 0.0697. The van der Waals surface area contributed by atoms with Gasteiger partial charge < -0.3 is 15.7 Å². The van der Waals surface area contributed by atoms with E-state index in [1.807, 2.05) is 12.1 Å². The van der Waals surface area contributed by atoms with Gasteiger partial charge in [-0.1, -0.05) is 47.5 Å². The highest BCUT2D eigenvalue weighted by atomic mass is 35.5. The molecule has 0 bridgehead atoms. The number of piperidine rings is 1. The van der Waals surface area contributed by atoms with Gasteiger partial charge in [-0.25, -0.2) is 19.2 Å². The minimum absolute atomic E-state index is 0.0621. The summed E-state index contributed by atoms with van der Waals surface area (Å²) in [5, 5.41) is 16.5. The number of rotatable bonds is 5. The third kappa shape index (κ3) is 3.30. The quantitative estimate of drug-likeness (QED) is 0.349. The van der Waals surface area contributed by atoms with Crippen molar-refractivity contribution in [2.24, 2.45) is 17.6 Å². The van der Waals surface area contributed by atoms with E-state index in [1.54, 1.807) is 18.3 Å². The summed E-state index contributed by atoms with van der Waals surface area (Å²) in [7, 11) is 0. The van der Waals surface area contributed by atoms with E-state index in [1.165, 1.54) is 12.1 Å². The molecule has 11 heteroatoms. The van der Waals surface area contributed by atoms with Crippen LogP contribution in [0, 0.1) is 17.7 Å². The van der Waals surface area contributed by atoms with E-state index in [-0.39, 0.29) is 32.8 Å². The average Bonchev–Trinajstić information content (AvgIpc) is 3.34. The van der Waals surface area contributed by atoms with Gasteiger partial charge in [-0.3, -0.25) is 5.10 Å². The monoisotopic (exact) mass is 526 g/mol. The van der Waals surface area contributed by atoms with Crippen molar-refractivity contribution < 1.29 is 14.3 Å². The number of aromatic amines is 1. The molecule has 1 aliphatic heterocycles. The molecule has 1 saturated heterocycles. The molecule has 4 N–H and O–H groups in total. The van der Waals surface area contributed by atoms with Crippen molar-refractivity contribution in [2.45, 2.75) is 11.8 Å². The Bertz CT molecular complexity index is 1530. The second-order valence-electron chi connectivity index (χ2n) is 9.26. The van der Waals surface area contributed by atoms with Crippen LogP contribution in [0.1, 0.15) is 22.3 Å². The molecular formula is C25H21Cl2FN6O2. The van der Waals surface area contributed by atoms with Crippen LogP contribution in [0.15, 0.2) is 42.6 Å². The standard InChI is InChI=1S/C25H21Cl2FN6O2/c26-19-12(5-6-13(20(19)27)24(35)36)21-22-23(33-32-21)31-18(9-30-22)34-8-7-14-16(10-34)25(14,11-29)15-3-1-2-4-17(15)28/h1-6,9,14,16H,7-8,10-11,29H2,(H,35,36)(H,31,32,33)/t14-,16+,25-/m1/s1. The van der Waals surface area contributed by atoms with E-state index >= 15 is 0 Å². The number of hydrogen-bond donors (Lipinski definition) is 3. The minimum Gasteiger partial charge on any atom is -0.478 e. The molecule has 2 aromatic heterocycles. The number of benzene rings is 2. The number of nitrogens with zero attached hydrogens (tertiary/aromatic N) is 4.